The molecule has 3 heteroatoms. The van der Waals surface area contributed by atoms with E-state index in [4.69, 9.17) is 0 Å². The van der Waals surface area contributed by atoms with Gasteiger partial charge in [0.1, 0.15) is 11.5 Å². The summed E-state index contributed by atoms with van der Waals surface area (Å²) in [6, 6.07) is 13.1. The van der Waals surface area contributed by atoms with E-state index in [2.05, 4.69) is 31.3 Å². The first-order valence-electron chi connectivity index (χ1n) is 6.37. The van der Waals surface area contributed by atoms with Crippen LogP contribution in [-0.2, 0) is 6.54 Å². The molecular weight excluding hydrogens is 238 g/mol. The van der Waals surface area contributed by atoms with Crippen LogP contribution in [0.4, 0.5) is 0 Å². The summed E-state index contributed by atoms with van der Waals surface area (Å²) < 4.78 is 0. The number of aryl methyl sites for hydroxylation is 1. The van der Waals surface area contributed by atoms with E-state index in [1.165, 1.54) is 17.2 Å². The van der Waals surface area contributed by atoms with Gasteiger partial charge in [0, 0.05) is 24.2 Å². The van der Waals surface area contributed by atoms with Crippen molar-refractivity contribution >= 4 is 0 Å². The number of hydrogen-bond acceptors (Lipinski definition) is 3. The quantitative estimate of drug-likeness (QED) is 0.788. The largest absolute Gasteiger partial charge is 0.508 e. The van der Waals surface area contributed by atoms with Crippen LogP contribution in [0.5, 0.6) is 11.5 Å². The van der Waals surface area contributed by atoms with Gasteiger partial charge in [-0.05, 0) is 31.0 Å². The summed E-state index contributed by atoms with van der Waals surface area (Å²) in [6.07, 6.45) is 0. The summed E-state index contributed by atoms with van der Waals surface area (Å²) in [5.41, 5.74) is 3.27. The molecule has 0 aliphatic rings. The molecule has 0 aliphatic heterocycles. The number of phenolic OH excluding ortho intramolecular Hbond substituents is 2. The van der Waals surface area contributed by atoms with Crippen LogP contribution < -0.4 is 5.32 Å². The van der Waals surface area contributed by atoms with Crippen LogP contribution in [-0.4, -0.2) is 10.2 Å². The van der Waals surface area contributed by atoms with Crippen molar-refractivity contribution < 1.29 is 10.2 Å². The lowest BCUT2D eigenvalue weighted by Gasteiger charge is -2.17. The Hall–Kier alpha value is -2.00. The average Bonchev–Trinajstić information content (AvgIpc) is 2.38. The van der Waals surface area contributed by atoms with Crippen molar-refractivity contribution in [2.75, 3.05) is 0 Å². The fourth-order valence-corrected chi connectivity index (χ4v) is 2.15. The van der Waals surface area contributed by atoms with Gasteiger partial charge in [0.2, 0.25) is 0 Å². The predicted molar refractivity (Wildman–Crippen MR) is 76.2 cm³/mol. The summed E-state index contributed by atoms with van der Waals surface area (Å²) in [6.45, 7) is 4.74. The first-order valence-corrected chi connectivity index (χ1v) is 6.37. The van der Waals surface area contributed by atoms with E-state index in [-0.39, 0.29) is 17.5 Å². The number of rotatable bonds is 4. The number of aromatic hydroxyl groups is 2. The normalized spacial score (nSPS) is 12.3. The Bertz CT molecular complexity index is 566. The van der Waals surface area contributed by atoms with Gasteiger partial charge in [-0.2, -0.15) is 0 Å². The van der Waals surface area contributed by atoms with Gasteiger partial charge in [0.25, 0.3) is 0 Å². The first kappa shape index (κ1) is 13.4. The number of benzene rings is 2. The van der Waals surface area contributed by atoms with Crippen LogP contribution in [0.15, 0.2) is 42.5 Å². The SMILES string of the molecule is Cc1ccccc1[C@H](C)NCc1ccc(O)cc1O. The average molecular weight is 257 g/mol. The van der Waals surface area contributed by atoms with Gasteiger partial charge in [-0.1, -0.05) is 30.3 Å². The number of nitrogens with one attached hydrogen (secondary N) is 1. The highest BCUT2D eigenvalue weighted by molar-refractivity contribution is 5.39. The third-order valence-electron chi connectivity index (χ3n) is 3.32. The monoisotopic (exact) mass is 257 g/mol. The molecule has 0 bridgehead atoms. The molecular formula is C16H19NO2. The summed E-state index contributed by atoms with van der Waals surface area (Å²) in [7, 11) is 0. The van der Waals surface area contributed by atoms with Crippen molar-refractivity contribution in [1.82, 2.24) is 5.32 Å². The van der Waals surface area contributed by atoms with Crippen LogP contribution in [0.1, 0.15) is 29.7 Å². The second kappa shape index (κ2) is 5.76. The second-order valence-electron chi connectivity index (χ2n) is 4.77. The maximum absolute atomic E-state index is 9.73. The third kappa shape index (κ3) is 3.26. The summed E-state index contributed by atoms with van der Waals surface area (Å²) in [4.78, 5) is 0. The van der Waals surface area contributed by atoms with E-state index in [1.54, 1.807) is 12.1 Å². The van der Waals surface area contributed by atoms with Gasteiger partial charge in [-0.25, -0.2) is 0 Å². The molecule has 0 amide bonds. The number of hydrogen-bond donors (Lipinski definition) is 3. The lowest BCUT2D eigenvalue weighted by molar-refractivity contribution is 0.441. The smallest absolute Gasteiger partial charge is 0.123 e. The highest BCUT2D eigenvalue weighted by Gasteiger charge is 2.08. The fourth-order valence-electron chi connectivity index (χ4n) is 2.15. The third-order valence-corrected chi connectivity index (χ3v) is 3.32. The van der Waals surface area contributed by atoms with Crippen molar-refractivity contribution in [3.05, 3.63) is 59.2 Å². The van der Waals surface area contributed by atoms with Crippen LogP contribution in [0.3, 0.4) is 0 Å². The van der Waals surface area contributed by atoms with E-state index in [9.17, 15) is 10.2 Å². The van der Waals surface area contributed by atoms with Gasteiger partial charge in [-0.3, -0.25) is 0 Å². The molecule has 0 aliphatic carbocycles. The molecule has 0 spiro atoms. The minimum Gasteiger partial charge on any atom is -0.508 e. The van der Waals surface area contributed by atoms with E-state index in [1.807, 2.05) is 12.1 Å². The predicted octanol–water partition coefficient (Wildman–Crippen LogP) is 3.26. The standard InChI is InChI=1S/C16H19NO2/c1-11-5-3-4-6-15(11)12(2)17-10-13-7-8-14(18)9-16(13)19/h3-9,12,17-19H,10H2,1-2H3/t12-/m0/s1. The maximum Gasteiger partial charge on any atom is 0.123 e. The van der Waals surface area contributed by atoms with Gasteiger partial charge in [0.15, 0.2) is 0 Å². The molecule has 3 nitrogen and oxygen atoms in total. The molecule has 0 aromatic heterocycles. The molecule has 0 heterocycles. The lowest BCUT2D eigenvalue weighted by atomic mass is 10.0. The Morgan fingerprint density at radius 1 is 1.11 bits per heavy atom. The molecule has 2 rings (SSSR count). The Labute approximate surface area is 113 Å². The molecule has 2 aromatic carbocycles. The Kier molecular flexibility index (Phi) is 4.07. The van der Waals surface area contributed by atoms with Crippen LogP contribution in [0.2, 0.25) is 0 Å². The Morgan fingerprint density at radius 3 is 2.53 bits per heavy atom. The maximum atomic E-state index is 9.73. The van der Waals surface area contributed by atoms with Crippen LogP contribution in [0.25, 0.3) is 0 Å². The fraction of sp³-hybridized carbons (Fsp3) is 0.250. The summed E-state index contributed by atoms with van der Waals surface area (Å²) in [5.74, 6) is 0.192. The number of phenols is 2. The van der Waals surface area contributed by atoms with E-state index < -0.39 is 0 Å². The highest BCUT2D eigenvalue weighted by atomic mass is 16.3. The van der Waals surface area contributed by atoms with Crippen molar-refractivity contribution in [2.45, 2.75) is 26.4 Å². The van der Waals surface area contributed by atoms with Crippen LogP contribution >= 0.6 is 0 Å². The second-order valence-corrected chi connectivity index (χ2v) is 4.77. The minimum atomic E-state index is 0.0770. The topological polar surface area (TPSA) is 52.5 Å². The molecule has 0 unspecified atom stereocenters. The van der Waals surface area contributed by atoms with Crippen molar-refractivity contribution in [2.24, 2.45) is 0 Å². The van der Waals surface area contributed by atoms with E-state index >= 15 is 0 Å². The van der Waals surface area contributed by atoms with Gasteiger partial charge in [-0.15, -0.1) is 0 Å². The zero-order valence-electron chi connectivity index (χ0n) is 11.2. The zero-order valence-corrected chi connectivity index (χ0v) is 11.2. The summed E-state index contributed by atoms with van der Waals surface area (Å²) in [5, 5.41) is 22.4. The minimum absolute atomic E-state index is 0.0770. The molecule has 100 valence electrons. The molecule has 1 atom stereocenters. The molecule has 0 radical (unpaired) electrons. The van der Waals surface area contributed by atoms with Gasteiger partial charge in [0.05, 0.1) is 0 Å². The molecule has 0 saturated heterocycles. The molecule has 3 N–H and O–H groups in total. The van der Waals surface area contributed by atoms with Crippen LogP contribution in [0, 0.1) is 6.92 Å². The highest BCUT2D eigenvalue weighted by Crippen LogP contribution is 2.23. The van der Waals surface area contributed by atoms with Crippen molar-refractivity contribution in [3.63, 3.8) is 0 Å². The molecule has 0 fully saturated rings. The molecule has 19 heavy (non-hydrogen) atoms. The van der Waals surface area contributed by atoms with Crippen molar-refractivity contribution in [1.29, 1.82) is 0 Å². The molecule has 0 saturated carbocycles. The Balaban J connectivity index is 2.04. The Morgan fingerprint density at radius 2 is 1.84 bits per heavy atom. The van der Waals surface area contributed by atoms with E-state index in [0.29, 0.717) is 6.54 Å². The summed E-state index contributed by atoms with van der Waals surface area (Å²) >= 11 is 0. The van der Waals surface area contributed by atoms with E-state index in [0.717, 1.165) is 5.56 Å². The molecule has 2 aromatic rings. The lowest BCUT2D eigenvalue weighted by Crippen LogP contribution is -2.18. The van der Waals surface area contributed by atoms with Crippen molar-refractivity contribution in [3.8, 4) is 11.5 Å². The van der Waals surface area contributed by atoms with Gasteiger partial charge < -0.3 is 15.5 Å². The first-order chi connectivity index (χ1) is 9.08. The van der Waals surface area contributed by atoms with Gasteiger partial charge >= 0.3 is 0 Å². The zero-order chi connectivity index (χ0) is 13.8.